The molecular formula is C59H68N4OSe. The van der Waals surface area contributed by atoms with Crippen LogP contribution < -0.4 is 0 Å². The fraction of sp³-hybridized carbons (Fsp3) is 0.373. The van der Waals surface area contributed by atoms with Crippen molar-refractivity contribution in [3.8, 4) is 56.3 Å². The van der Waals surface area contributed by atoms with Gasteiger partial charge in [-0.15, -0.1) is 0 Å². The Hall–Kier alpha value is -5.29. The number of nitrogens with zero attached hydrogens (tertiary/aromatic N) is 4. The Morgan fingerprint density at radius 1 is 0.585 bits per heavy atom. The molecule has 0 bridgehead atoms. The van der Waals surface area contributed by atoms with Crippen LogP contribution in [-0.4, -0.2) is 39.1 Å². The first-order valence-corrected chi connectivity index (χ1v) is 24.7. The Bertz CT molecular complexity index is 3210. The van der Waals surface area contributed by atoms with Gasteiger partial charge < -0.3 is 0 Å². The Morgan fingerprint density at radius 3 is 1.86 bits per heavy atom. The number of imidazole rings is 1. The SMILES string of the molecule is [2H]C([2H])([2H])c1c(CC(C)(C)C)[se]c2c(-c3cc(-c4cccc5c4nc(-c4cc(C(C)(C)C)cc(C(C)(C)C)c4O)n5-c4ccc(C(C)(C)C)cc4-c4ccccc4)cc(C(C)(C)C)c3)ncnc12. The van der Waals surface area contributed by atoms with E-state index in [9.17, 15) is 5.11 Å². The van der Waals surface area contributed by atoms with Crippen molar-refractivity contribution >= 4 is 35.3 Å². The Balaban J connectivity index is 1.48. The summed E-state index contributed by atoms with van der Waals surface area (Å²) in [5, 5.41) is 12.6. The average Bonchev–Trinajstić information content (AvgIpc) is 3.80. The molecule has 0 saturated heterocycles. The van der Waals surface area contributed by atoms with E-state index in [2.05, 4.69) is 210 Å². The molecule has 0 amide bonds. The molecule has 3 heterocycles. The topological polar surface area (TPSA) is 63.8 Å². The van der Waals surface area contributed by atoms with E-state index in [1.54, 1.807) is 0 Å². The normalized spacial score (nSPS) is 13.9. The van der Waals surface area contributed by atoms with Gasteiger partial charge in [0.25, 0.3) is 0 Å². The van der Waals surface area contributed by atoms with E-state index in [0.717, 1.165) is 75.6 Å². The van der Waals surface area contributed by atoms with Crippen molar-refractivity contribution in [3.05, 3.63) is 136 Å². The molecule has 1 N–H and O–H groups in total. The Kier molecular flexibility index (Phi) is 10.6. The monoisotopic (exact) mass is 931 g/mol. The van der Waals surface area contributed by atoms with Gasteiger partial charge in [-0.1, -0.05) is 98.7 Å². The molecule has 0 aliphatic rings. The summed E-state index contributed by atoms with van der Waals surface area (Å²) in [4.78, 5) is 15.3. The summed E-state index contributed by atoms with van der Waals surface area (Å²) < 4.78 is 30.1. The first-order valence-electron chi connectivity index (χ1n) is 24.5. The van der Waals surface area contributed by atoms with E-state index >= 15 is 0 Å². The van der Waals surface area contributed by atoms with E-state index in [1.807, 2.05) is 0 Å². The number of rotatable bonds is 6. The molecular weight excluding hydrogens is 860 g/mol. The molecule has 65 heavy (non-hydrogen) atoms. The first kappa shape index (κ1) is 42.4. The van der Waals surface area contributed by atoms with Gasteiger partial charge in [0, 0.05) is 0 Å². The third-order valence-electron chi connectivity index (χ3n) is 12.5. The number of aromatic nitrogens is 4. The second kappa shape index (κ2) is 16.2. The summed E-state index contributed by atoms with van der Waals surface area (Å²) in [6.45, 7) is 30.7. The number of aryl methyl sites for hydroxylation is 1. The summed E-state index contributed by atoms with van der Waals surface area (Å²) in [5.41, 5.74) is 13.4. The average molecular weight is 931 g/mol. The van der Waals surface area contributed by atoms with Crippen molar-refractivity contribution in [1.82, 2.24) is 19.5 Å². The van der Waals surface area contributed by atoms with Crippen molar-refractivity contribution in [2.24, 2.45) is 5.41 Å². The van der Waals surface area contributed by atoms with Gasteiger partial charge in [0.1, 0.15) is 0 Å². The summed E-state index contributed by atoms with van der Waals surface area (Å²) in [6.07, 6.45) is 2.21. The predicted octanol–water partition coefficient (Wildman–Crippen LogP) is 15.5. The number of fused-ring (bicyclic) bond motifs is 2. The molecule has 6 heteroatoms. The van der Waals surface area contributed by atoms with Gasteiger partial charge in [0.15, 0.2) is 0 Å². The standard InChI is InChI=1S/C59H68N4OSe/c1-35-48(33-55(2,3)4)65-53-49(35)60-34-61-50(53)38-27-37(28-40(29-38)57(8,9)10)42-23-20-24-47-51(42)62-54(44-31-41(58(11,12)13)32-45(52(44)64)59(14,15)16)63(47)46-26-25-39(56(5,6)7)30-43(46)36-21-18-17-19-22-36/h17-32,34,64H,33H2,1-16H3/i1D3. The van der Waals surface area contributed by atoms with Gasteiger partial charge in [-0.25, -0.2) is 0 Å². The molecule has 5 aromatic carbocycles. The minimum absolute atomic E-state index is 0.0981. The van der Waals surface area contributed by atoms with E-state index in [-0.39, 0.29) is 47.3 Å². The number of phenols is 1. The van der Waals surface area contributed by atoms with E-state index < -0.39 is 6.85 Å². The second-order valence-corrected chi connectivity index (χ2v) is 25.6. The Morgan fingerprint density at radius 2 is 1.23 bits per heavy atom. The minimum atomic E-state index is -2.30. The van der Waals surface area contributed by atoms with Crippen LogP contribution in [0.15, 0.2) is 103 Å². The van der Waals surface area contributed by atoms with Crippen molar-refractivity contribution in [3.63, 3.8) is 0 Å². The van der Waals surface area contributed by atoms with E-state index in [4.69, 9.17) is 14.1 Å². The zero-order valence-corrected chi connectivity index (χ0v) is 42.9. The van der Waals surface area contributed by atoms with Crippen LogP contribution in [0.2, 0.25) is 0 Å². The molecule has 0 spiro atoms. The molecule has 0 aliphatic carbocycles. The molecule has 8 aromatic rings. The van der Waals surface area contributed by atoms with E-state index in [1.165, 1.54) is 11.9 Å². The quantitative estimate of drug-likeness (QED) is 0.169. The van der Waals surface area contributed by atoms with Gasteiger partial charge in [-0.3, -0.25) is 0 Å². The molecule has 0 saturated carbocycles. The number of phenolic OH excluding ortho intramolecular Hbond substituents is 1. The van der Waals surface area contributed by atoms with Gasteiger partial charge in [-0.05, 0) is 21.8 Å². The van der Waals surface area contributed by atoms with Crippen molar-refractivity contribution < 1.29 is 9.22 Å². The molecule has 0 radical (unpaired) electrons. The van der Waals surface area contributed by atoms with Crippen LogP contribution in [0.4, 0.5) is 0 Å². The van der Waals surface area contributed by atoms with Crippen LogP contribution in [0.25, 0.3) is 71.4 Å². The molecule has 3 aromatic heterocycles. The van der Waals surface area contributed by atoms with Crippen molar-refractivity contribution in [2.75, 3.05) is 0 Å². The maximum absolute atomic E-state index is 12.6. The molecule has 0 fully saturated rings. The van der Waals surface area contributed by atoms with Gasteiger partial charge >= 0.3 is 280 Å². The zero-order chi connectivity index (χ0) is 49.7. The van der Waals surface area contributed by atoms with Crippen LogP contribution in [0.3, 0.4) is 0 Å². The summed E-state index contributed by atoms with van der Waals surface area (Å²) >= 11 is -0.275. The van der Waals surface area contributed by atoms with Crippen LogP contribution in [-0.2, 0) is 28.1 Å². The van der Waals surface area contributed by atoms with Gasteiger partial charge in [0.05, 0.1) is 0 Å². The third kappa shape index (κ3) is 9.02. The summed E-state index contributed by atoms with van der Waals surface area (Å²) in [5.74, 6) is 0.879. The summed E-state index contributed by atoms with van der Waals surface area (Å²) in [7, 11) is 0. The van der Waals surface area contributed by atoms with Crippen LogP contribution in [0, 0.1) is 12.3 Å². The number of benzene rings is 5. The number of para-hydroxylation sites is 1. The van der Waals surface area contributed by atoms with Crippen LogP contribution in [0.1, 0.15) is 140 Å². The van der Waals surface area contributed by atoms with Crippen molar-refractivity contribution in [2.45, 2.75) is 139 Å². The molecule has 5 nitrogen and oxygen atoms in total. The molecule has 336 valence electrons. The van der Waals surface area contributed by atoms with Gasteiger partial charge in [0.2, 0.25) is 0 Å². The number of hydrogen-bond acceptors (Lipinski definition) is 4. The molecule has 0 aliphatic heterocycles. The Labute approximate surface area is 398 Å². The fourth-order valence-corrected chi connectivity index (χ4v) is 11.8. The summed E-state index contributed by atoms with van der Waals surface area (Å²) in [6, 6.07) is 34.7. The molecule has 0 unspecified atom stereocenters. The van der Waals surface area contributed by atoms with Gasteiger partial charge in [-0.2, -0.15) is 0 Å². The van der Waals surface area contributed by atoms with E-state index in [0.29, 0.717) is 28.9 Å². The zero-order valence-electron chi connectivity index (χ0n) is 44.2. The third-order valence-corrected chi connectivity index (χ3v) is 15.0. The first-order chi connectivity index (χ1) is 31.4. The number of aromatic hydroxyl groups is 1. The van der Waals surface area contributed by atoms with Crippen LogP contribution >= 0.6 is 0 Å². The number of hydrogen-bond donors (Lipinski definition) is 1. The maximum atomic E-state index is 12.6. The molecule has 8 rings (SSSR count). The molecule has 0 atom stereocenters. The van der Waals surface area contributed by atoms with Crippen molar-refractivity contribution in [1.29, 1.82) is 0 Å². The van der Waals surface area contributed by atoms with Crippen LogP contribution in [0.5, 0.6) is 5.75 Å². The predicted molar refractivity (Wildman–Crippen MR) is 277 cm³/mol. The second-order valence-electron chi connectivity index (χ2n) is 23.3. The fourth-order valence-electron chi connectivity index (χ4n) is 8.73.